The van der Waals surface area contributed by atoms with Gasteiger partial charge < -0.3 is 9.73 Å². The second-order valence-electron chi connectivity index (χ2n) is 6.14. The second kappa shape index (κ2) is 8.48. The smallest absolute Gasteiger partial charge is 0.118 e. The van der Waals surface area contributed by atoms with E-state index in [0.29, 0.717) is 12.0 Å². The van der Waals surface area contributed by atoms with Crippen LogP contribution in [-0.2, 0) is 13.1 Å². The van der Waals surface area contributed by atoms with E-state index < -0.39 is 0 Å². The van der Waals surface area contributed by atoms with Crippen LogP contribution < -0.4 is 5.32 Å². The first-order valence-electron chi connectivity index (χ1n) is 8.00. The highest BCUT2D eigenvalue weighted by Gasteiger charge is 2.14. The lowest BCUT2D eigenvalue weighted by Gasteiger charge is -2.25. The summed E-state index contributed by atoms with van der Waals surface area (Å²) in [7, 11) is 0. The minimum atomic E-state index is 0.605. The van der Waals surface area contributed by atoms with Crippen LogP contribution in [-0.4, -0.2) is 24.0 Å². The van der Waals surface area contributed by atoms with E-state index in [0.717, 1.165) is 37.7 Å². The van der Waals surface area contributed by atoms with Crippen LogP contribution in [0.3, 0.4) is 0 Å². The Morgan fingerprint density at radius 3 is 2.50 bits per heavy atom. The monoisotopic (exact) mass is 280 g/mol. The van der Waals surface area contributed by atoms with Crippen LogP contribution in [0.2, 0.25) is 0 Å². The van der Waals surface area contributed by atoms with E-state index in [2.05, 4.69) is 57.8 Å². The third-order valence-electron chi connectivity index (χ3n) is 3.92. The molecule has 1 heterocycles. The van der Waals surface area contributed by atoms with Crippen molar-refractivity contribution >= 4 is 0 Å². The zero-order valence-corrected chi connectivity index (χ0v) is 14.1. The Hall–Kier alpha value is -0.800. The molecule has 0 spiro atoms. The van der Waals surface area contributed by atoms with Gasteiger partial charge in [-0.3, -0.25) is 4.90 Å². The van der Waals surface area contributed by atoms with Crippen LogP contribution in [0.4, 0.5) is 0 Å². The second-order valence-corrected chi connectivity index (χ2v) is 6.14. The maximum atomic E-state index is 5.92. The van der Waals surface area contributed by atoms with E-state index in [1.165, 1.54) is 12.0 Å². The maximum absolute atomic E-state index is 5.92. The fourth-order valence-electron chi connectivity index (χ4n) is 2.37. The molecule has 1 unspecified atom stereocenters. The minimum Gasteiger partial charge on any atom is -0.465 e. The lowest BCUT2D eigenvalue weighted by atomic mass is 10.2. The molecule has 1 atom stereocenters. The van der Waals surface area contributed by atoms with E-state index in [9.17, 15) is 0 Å². The van der Waals surface area contributed by atoms with Crippen molar-refractivity contribution in [2.75, 3.05) is 13.1 Å². The summed E-state index contributed by atoms with van der Waals surface area (Å²) in [5, 5.41) is 3.48. The third-order valence-corrected chi connectivity index (χ3v) is 3.92. The van der Waals surface area contributed by atoms with Gasteiger partial charge in [0.1, 0.15) is 11.5 Å². The molecule has 3 nitrogen and oxygen atoms in total. The molecular weight excluding hydrogens is 248 g/mol. The Morgan fingerprint density at radius 2 is 1.95 bits per heavy atom. The van der Waals surface area contributed by atoms with Gasteiger partial charge in [-0.05, 0) is 45.3 Å². The summed E-state index contributed by atoms with van der Waals surface area (Å²) < 4.78 is 5.92. The number of nitrogens with zero attached hydrogens (tertiary/aromatic N) is 1. The molecule has 0 bridgehead atoms. The standard InChI is InChI=1S/C17H32N2O/c1-7-14(5)19(8-2)12-17-9-16(15(6)20-17)11-18-10-13(3)4/h9,13-14,18H,7-8,10-12H2,1-6H3. The first-order valence-corrected chi connectivity index (χ1v) is 8.00. The molecular formula is C17H32N2O. The molecule has 1 aromatic heterocycles. The van der Waals surface area contributed by atoms with Crippen molar-refractivity contribution in [2.45, 2.75) is 67.1 Å². The molecule has 0 aliphatic carbocycles. The highest BCUT2D eigenvalue weighted by Crippen LogP contribution is 2.18. The van der Waals surface area contributed by atoms with Crippen molar-refractivity contribution in [1.82, 2.24) is 10.2 Å². The Bertz CT molecular complexity index is 384. The quantitative estimate of drug-likeness (QED) is 0.742. The number of rotatable bonds is 9. The van der Waals surface area contributed by atoms with Crippen molar-refractivity contribution in [3.05, 3.63) is 23.2 Å². The first kappa shape index (κ1) is 17.3. The van der Waals surface area contributed by atoms with E-state index in [1.807, 2.05) is 0 Å². The van der Waals surface area contributed by atoms with Crippen molar-refractivity contribution in [1.29, 1.82) is 0 Å². The van der Waals surface area contributed by atoms with Gasteiger partial charge in [0.05, 0.1) is 6.54 Å². The van der Waals surface area contributed by atoms with E-state index in [1.54, 1.807) is 0 Å². The zero-order valence-electron chi connectivity index (χ0n) is 14.1. The van der Waals surface area contributed by atoms with Crippen molar-refractivity contribution < 1.29 is 4.42 Å². The summed E-state index contributed by atoms with van der Waals surface area (Å²) in [6.45, 7) is 17.2. The number of hydrogen-bond acceptors (Lipinski definition) is 3. The third kappa shape index (κ3) is 5.29. The van der Waals surface area contributed by atoms with Crippen LogP contribution in [0, 0.1) is 12.8 Å². The van der Waals surface area contributed by atoms with Crippen LogP contribution in [0.5, 0.6) is 0 Å². The Morgan fingerprint density at radius 1 is 1.25 bits per heavy atom. The van der Waals surface area contributed by atoms with Crippen molar-refractivity contribution in [3.8, 4) is 0 Å². The molecule has 20 heavy (non-hydrogen) atoms. The summed E-state index contributed by atoms with van der Waals surface area (Å²) in [5.74, 6) is 2.82. The van der Waals surface area contributed by atoms with Gasteiger partial charge in [-0.1, -0.05) is 27.7 Å². The van der Waals surface area contributed by atoms with E-state index in [4.69, 9.17) is 4.42 Å². The molecule has 0 aliphatic heterocycles. The molecule has 116 valence electrons. The van der Waals surface area contributed by atoms with Crippen LogP contribution >= 0.6 is 0 Å². The van der Waals surface area contributed by atoms with Crippen LogP contribution in [0.25, 0.3) is 0 Å². The molecule has 0 fully saturated rings. The molecule has 1 N–H and O–H groups in total. The Kier molecular flexibility index (Phi) is 7.31. The topological polar surface area (TPSA) is 28.4 Å². The molecule has 1 aromatic rings. The fraction of sp³-hybridized carbons (Fsp3) is 0.765. The summed E-state index contributed by atoms with van der Waals surface area (Å²) in [6, 6.07) is 2.82. The Labute approximate surface area is 124 Å². The molecule has 0 aliphatic rings. The highest BCUT2D eigenvalue weighted by atomic mass is 16.3. The molecule has 0 amide bonds. The summed E-state index contributed by atoms with van der Waals surface area (Å²) >= 11 is 0. The van der Waals surface area contributed by atoms with Gasteiger partial charge in [-0.15, -0.1) is 0 Å². The number of hydrogen-bond donors (Lipinski definition) is 1. The van der Waals surface area contributed by atoms with Crippen LogP contribution in [0.1, 0.15) is 58.1 Å². The van der Waals surface area contributed by atoms with Gasteiger partial charge in [0, 0.05) is 18.2 Å². The lowest BCUT2D eigenvalue weighted by molar-refractivity contribution is 0.189. The molecule has 0 radical (unpaired) electrons. The normalized spacial score (nSPS) is 13.4. The van der Waals surface area contributed by atoms with Gasteiger partial charge in [0.2, 0.25) is 0 Å². The maximum Gasteiger partial charge on any atom is 0.118 e. The van der Waals surface area contributed by atoms with Gasteiger partial charge >= 0.3 is 0 Å². The lowest BCUT2D eigenvalue weighted by Crippen LogP contribution is -2.31. The predicted molar refractivity (Wildman–Crippen MR) is 85.8 cm³/mol. The number of furan rings is 1. The summed E-state index contributed by atoms with van der Waals surface area (Å²) in [4.78, 5) is 2.46. The van der Waals surface area contributed by atoms with Gasteiger partial charge in [0.15, 0.2) is 0 Å². The van der Waals surface area contributed by atoms with Crippen molar-refractivity contribution in [2.24, 2.45) is 5.92 Å². The average Bonchev–Trinajstić information content (AvgIpc) is 2.75. The van der Waals surface area contributed by atoms with E-state index >= 15 is 0 Å². The predicted octanol–water partition coefficient (Wildman–Crippen LogP) is 3.95. The zero-order chi connectivity index (χ0) is 15.1. The summed E-state index contributed by atoms with van der Waals surface area (Å²) in [5.41, 5.74) is 1.29. The van der Waals surface area contributed by atoms with Gasteiger partial charge in [-0.2, -0.15) is 0 Å². The molecule has 1 rings (SSSR count). The van der Waals surface area contributed by atoms with E-state index in [-0.39, 0.29) is 0 Å². The molecule has 0 saturated carbocycles. The summed E-state index contributed by atoms with van der Waals surface area (Å²) in [6.07, 6.45) is 1.18. The molecule has 0 saturated heterocycles. The molecule has 3 heteroatoms. The first-order chi connectivity index (χ1) is 9.47. The van der Waals surface area contributed by atoms with Gasteiger partial charge in [0.25, 0.3) is 0 Å². The minimum absolute atomic E-state index is 0.605. The molecule has 0 aromatic carbocycles. The highest BCUT2D eigenvalue weighted by molar-refractivity contribution is 5.20. The Balaban J connectivity index is 2.59. The number of aryl methyl sites for hydroxylation is 1. The number of nitrogens with one attached hydrogen (secondary N) is 1. The SMILES string of the molecule is CCC(C)N(CC)Cc1cc(CNCC(C)C)c(C)o1. The van der Waals surface area contributed by atoms with Crippen LogP contribution in [0.15, 0.2) is 10.5 Å². The largest absolute Gasteiger partial charge is 0.465 e. The fourth-order valence-corrected chi connectivity index (χ4v) is 2.37. The van der Waals surface area contributed by atoms with Crippen molar-refractivity contribution in [3.63, 3.8) is 0 Å². The van der Waals surface area contributed by atoms with Gasteiger partial charge in [-0.25, -0.2) is 0 Å². The average molecular weight is 280 g/mol.